The van der Waals surface area contributed by atoms with E-state index in [4.69, 9.17) is 38.2 Å². The number of fused-ring (bicyclic) bond motifs is 2. The summed E-state index contributed by atoms with van der Waals surface area (Å²) in [5.74, 6) is -0.779. The van der Waals surface area contributed by atoms with Crippen LogP contribution in [0.4, 0.5) is 0 Å². The van der Waals surface area contributed by atoms with Crippen molar-refractivity contribution in [2.75, 3.05) is 6.61 Å². The Balaban J connectivity index is 0.000000293. The Morgan fingerprint density at radius 1 is 1.13 bits per heavy atom. The van der Waals surface area contributed by atoms with Crippen LogP contribution in [-0.4, -0.2) is 40.8 Å². The third-order valence-corrected chi connectivity index (χ3v) is 7.28. The molecule has 4 atom stereocenters. The first-order valence-electron chi connectivity index (χ1n) is 9.85. The minimum atomic E-state index is -1.26. The molecule has 0 spiro atoms. The van der Waals surface area contributed by atoms with Crippen molar-refractivity contribution in [3.8, 4) is 5.75 Å². The van der Waals surface area contributed by atoms with Crippen LogP contribution in [0.2, 0.25) is 10.0 Å². The summed E-state index contributed by atoms with van der Waals surface area (Å²) in [6, 6.07) is 11.2. The van der Waals surface area contributed by atoms with Crippen molar-refractivity contribution in [2.24, 2.45) is 5.92 Å². The summed E-state index contributed by atoms with van der Waals surface area (Å²) in [6.07, 6.45) is 4.84. The highest BCUT2D eigenvalue weighted by Crippen LogP contribution is 2.43. The maximum atomic E-state index is 9.55. The molecule has 2 unspecified atom stereocenters. The number of carboxylic acids is 2. The van der Waals surface area contributed by atoms with Crippen molar-refractivity contribution >= 4 is 46.5 Å². The summed E-state index contributed by atoms with van der Waals surface area (Å²) < 4.78 is 6.08. The van der Waals surface area contributed by atoms with Gasteiger partial charge >= 0.3 is 11.9 Å². The average Bonchev–Trinajstić information content (AvgIpc) is 3.39. The number of piperidine rings is 1. The molecule has 0 saturated carbocycles. The second kappa shape index (κ2) is 11.0. The second-order valence-electron chi connectivity index (χ2n) is 7.44. The molecule has 1 aromatic carbocycles. The molecule has 2 fully saturated rings. The zero-order chi connectivity index (χ0) is 22.4. The molecule has 1 aromatic heterocycles. The number of benzene rings is 1. The third kappa shape index (κ3) is 6.46. The largest absolute Gasteiger partial charge is 0.492 e. The van der Waals surface area contributed by atoms with Gasteiger partial charge in [0.2, 0.25) is 0 Å². The van der Waals surface area contributed by atoms with Crippen LogP contribution in [0.15, 0.2) is 47.9 Å². The first-order chi connectivity index (χ1) is 14.8. The number of ether oxygens (including phenoxy) is 1. The predicted molar refractivity (Wildman–Crippen MR) is 121 cm³/mol. The van der Waals surface area contributed by atoms with Gasteiger partial charge in [0.25, 0.3) is 0 Å². The Labute approximate surface area is 194 Å². The van der Waals surface area contributed by atoms with Gasteiger partial charge in [-0.15, -0.1) is 11.3 Å². The van der Waals surface area contributed by atoms with Crippen molar-refractivity contribution < 1.29 is 24.5 Å². The highest BCUT2D eigenvalue weighted by atomic mass is 35.5. The molecule has 6 nitrogen and oxygen atoms in total. The van der Waals surface area contributed by atoms with Crippen LogP contribution >= 0.6 is 34.5 Å². The van der Waals surface area contributed by atoms with Gasteiger partial charge < -0.3 is 20.3 Å². The van der Waals surface area contributed by atoms with Gasteiger partial charge in [-0.25, -0.2) is 9.59 Å². The summed E-state index contributed by atoms with van der Waals surface area (Å²) in [5.41, 5.74) is 0. The van der Waals surface area contributed by atoms with E-state index < -0.39 is 11.9 Å². The van der Waals surface area contributed by atoms with E-state index in [0.29, 0.717) is 58.5 Å². The highest BCUT2D eigenvalue weighted by molar-refractivity contribution is 7.10. The standard InChI is InChI=1S/C18H19Cl2NOS.C4H4O4/c19-14-3-1-4-16(18(14)20)22-10-13-12(17-5-2-8-23-17)9-11-6-7-15(13)21-11;5-3(6)1-2-4(7)8/h1-5,8,11-13,15,21H,6-7,9-10H2;1-2H,(H,5,6)(H,7,8)/b;2-1+/t11?,12-,13+,15?;/m0./s1. The zero-order valence-electron chi connectivity index (χ0n) is 16.5. The molecular formula is C22H23Cl2NO5S. The molecule has 0 amide bonds. The van der Waals surface area contributed by atoms with Crippen molar-refractivity contribution in [3.63, 3.8) is 0 Å². The lowest BCUT2D eigenvalue weighted by molar-refractivity contribution is -0.134. The van der Waals surface area contributed by atoms with Gasteiger partial charge in [0, 0.05) is 40.9 Å². The molecule has 4 rings (SSSR count). The van der Waals surface area contributed by atoms with Gasteiger partial charge in [-0.05, 0) is 42.8 Å². The monoisotopic (exact) mass is 483 g/mol. The third-order valence-electron chi connectivity index (χ3n) is 5.47. The normalized spacial score (nSPS) is 24.5. The van der Waals surface area contributed by atoms with E-state index in [1.165, 1.54) is 24.1 Å². The maximum absolute atomic E-state index is 9.55. The minimum Gasteiger partial charge on any atom is -0.492 e. The number of hydrogen-bond donors (Lipinski definition) is 3. The van der Waals surface area contributed by atoms with Crippen LogP contribution in [0, 0.1) is 5.92 Å². The van der Waals surface area contributed by atoms with E-state index in [1.807, 2.05) is 23.5 Å². The molecule has 3 N–H and O–H groups in total. The fraction of sp³-hybridized carbons (Fsp3) is 0.364. The van der Waals surface area contributed by atoms with Crippen LogP contribution in [0.5, 0.6) is 5.75 Å². The number of carbonyl (C=O) groups is 2. The second-order valence-corrected chi connectivity index (χ2v) is 9.21. The highest BCUT2D eigenvalue weighted by Gasteiger charge is 2.42. The molecule has 166 valence electrons. The summed E-state index contributed by atoms with van der Waals surface area (Å²) in [6.45, 7) is 0.674. The Morgan fingerprint density at radius 3 is 2.52 bits per heavy atom. The molecule has 2 aliphatic heterocycles. The molecule has 31 heavy (non-hydrogen) atoms. The Bertz CT molecular complexity index is 918. The average molecular weight is 484 g/mol. The van der Waals surface area contributed by atoms with E-state index in [1.54, 1.807) is 6.07 Å². The molecule has 2 bridgehead atoms. The molecule has 0 radical (unpaired) electrons. The zero-order valence-corrected chi connectivity index (χ0v) is 18.9. The number of thiophene rings is 1. The summed E-state index contributed by atoms with van der Waals surface area (Å²) in [5, 5.41) is 22.6. The fourth-order valence-electron chi connectivity index (χ4n) is 4.12. The van der Waals surface area contributed by atoms with Crippen LogP contribution in [0.1, 0.15) is 30.1 Å². The number of aliphatic carboxylic acids is 2. The Hall–Kier alpha value is -2.06. The van der Waals surface area contributed by atoms with E-state index in [0.717, 1.165) is 0 Å². The van der Waals surface area contributed by atoms with Crippen LogP contribution in [0.25, 0.3) is 0 Å². The van der Waals surface area contributed by atoms with Gasteiger partial charge in [0.1, 0.15) is 10.8 Å². The first kappa shape index (κ1) is 23.6. The lowest BCUT2D eigenvalue weighted by Gasteiger charge is -2.37. The SMILES string of the molecule is Clc1cccc(OC[C@H]2C3CCC(C[C@@H]2c2cccs2)N3)c1Cl.O=C(O)/C=C/C(=O)O. The molecule has 9 heteroatoms. The first-order valence-corrected chi connectivity index (χ1v) is 11.5. The Morgan fingerprint density at radius 2 is 1.87 bits per heavy atom. The lowest BCUT2D eigenvalue weighted by Crippen LogP contribution is -2.46. The van der Waals surface area contributed by atoms with E-state index in [-0.39, 0.29) is 0 Å². The van der Waals surface area contributed by atoms with E-state index in [9.17, 15) is 9.59 Å². The molecule has 2 aliphatic rings. The lowest BCUT2D eigenvalue weighted by atomic mass is 9.81. The number of carboxylic acid groups (broad SMARTS) is 2. The number of rotatable bonds is 6. The predicted octanol–water partition coefficient (Wildman–Crippen LogP) is 5.07. The summed E-state index contributed by atoms with van der Waals surface area (Å²) in [4.78, 5) is 20.6. The molecule has 0 aliphatic carbocycles. The van der Waals surface area contributed by atoms with Crippen molar-refractivity contribution in [1.82, 2.24) is 5.32 Å². The Kier molecular flexibility index (Phi) is 8.37. The minimum absolute atomic E-state index is 0.474. The van der Waals surface area contributed by atoms with Crippen molar-refractivity contribution in [1.29, 1.82) is 0 Å². The molecule has 2 aromatic rings. The fourth-order valence-corrected chi connectivity index (χ4v) is 5.38. The van der Waals surface area contributed by atoms with E-state index >= 15 is 0 Å². The summed E-state index contributed by atoms with van der Waals surface area (Å²) >= 11 is 14.2. The molecule has 3 heterocycles. The topological polar surface area (TPSA) is 95.9 Å². The number of halogens is 2. The van der Waals surface area contributed by atoms with Gasteiger partial charge in [-0.1, -0.05) is 35.3 Å². The molecule has 2 saturated heterocycles. The van der Waals surface area contributed by atoms with Gasteiger partial charge in [-0.3, -0.25) is 0 Å². The van der Waals surface area contributed by atoms with Gasteiger partial charge in [0.15, 0.2) is 0 Å². The van der Waals surface area contributed by atoms with Crippen LogP contribution in [-0.2, 0) is 9.59 Å². The molecular weight excluding hydrogens is 461 g/mol. The van der Waals surface area contributed by atoms with Crippen molar-refractivity contribution in [3.05, 3.63) is 62.8 Å². The van der Waals surface area contributed by atoms with Crippen LogP contribution in [0.3, 0.4) is 0 Å². The smallest absolute Gasteiger partial charge is 0.328 e. The van der Waals surface area contributed by atoms with Gasteiger partial charge in [-0.2, -0.15) is 0 Å². The number of hydrogen-bond acceptors (Lipinski definition) is 5. The van der Waals surface area contributed by atoms with Gasteiger partial charge in [0.05, 0.1) is 11.6 Å². The van der Waals surface area contributed by atoms with Crippen LogP contribution < -0.4 is 10.1 Å². The quantitative estimate of drug-likeness (QED) is 0.496. The number of nitrogens with one attached hydrogen (secondary N) is 1. The van der Waals surface area contributed by atoms with E-state index in [2.05, 4.69) is 22.8 Å². The summed E-state index contributed by atoms with van der Waals surface area (Å²) in [7, 11) is 0. The maximum Gasteiger partial charge on any atom is 0.328 e. The van der Waals surface area contributed by atoms with Crippen molar-refractivity contribution in [2.45, 2.75) is 37.3 Å².